The van der Waals surface area contributed by atoms with Crippen molar-refractivity contribution >= 4 is 34.9 Å². The minimum Gasteiger partial charge on any atom is -0.322 e. The van der Waals surface area contributed by atoms with Crippen LogP contribution >= 0.6 is 0 Å². The highest BCUT2D eigenvalue weighted by atomic mass is 16.2. The zero-order valence-electron chi connectivity index (χ0n) is 12.1. The van der Waals surface area contributed by atoms with Crippen LogP contribution in [0.4, 0.5) is 21.9 Å². The van der Waals surface area contributed by atoms with Crippen LogP contribution in [0.1, 0.15) is 6.42 Å². The molecule has 6 nitrogen and oxygen atoms in total. The molecule has 23 heavy (non-hydrogen) atoms. The predicted molar refractivity (Wildman–Crippen MR) is 85.3 cm³/mol. The van der Waals surface area contributed by atoms with Gasteiger partial charge in [0.2, 0.25) is 11.8 Å². The molecule has 1 fully saturated rings. The number of carbonyl (C=O) groups is 3. The second-order valence-corrected chi connectivity index (χ2v) is 5.44. The van der Waals surface area contributed by atoms with Crippen LogP contribution in [0, 0.1) is 0 Å². The van der Waals surface area contributed by atoms with Crippen LogP contribution in [0.25, 0.3) is 0 Å². The van der Waals surface area contributed by atoms with Gasteiger partial charge in [0.1, 0.15) is 6.04 Å². The number of fused-ring (bicyclic) bond motifs is 3. The molecule has 114 valence electrons. The van der Waals surface area contributed by atoms with Crippen LogP contribution in [-0.4, -0.2) is 23.9 Å². The Bertz CT molecular complexity index is 819. The lowest BCUT2D eigenvalue weighted by Crippen LogP contribution is -2.62. The molecule has 0 bridgehead atoms. The molecule has 4 amide bonds. The molecular formula is C17H13N3O3. The molecule has 2 aromatic carbocycles. The standard InChI is InChI=1S/C17H13N3O3/c21-15-10-14-16(22)18-12-8-4-5-9-13(12)20(14)17(23)19(15)11-6-2-1-3-7-11/h1-9,14H,10H2,(H,18,22). The minimum absolute atomic E-state index is 0.0409. The van der Waals surface area contributed by atoms with E-state index in [-0.39, 0.29) is 18.2 Å². The quantitative estimate of drug-likeness (QED) is 0.879. The fourth-order valence-electron chi connectivity index (χ4n) is 3.01. The highest BCUT2D eigenvalue weighted by Crippen LogP contribution is 2.37. The number of carbonyl (C=O) groups excluding carboxylic acids is 3. The summed E-state index contributed by atoms with van der Waals surface area (Å²) in [5.74, 6) is -0.713. The number of imide groups is 1. The molecule has 2 aliphatic heterocycles. The molecule has 0 saturated carbocycles. The second-order valence-electron chi connectivity index (χ2n) is 5.44. The SMILES string of the molecule is O=C1Nc2ccccc2N2C(=O)N(c3ccccc3)C(=O)CC12. The first kappa shape index (κ1) is 13.5. The Morgan fingerprint density at radius 2 is 1.61 bits per heavy atom. The summed E-state index contributed by atoms with van der Waals surface area (Å²) < 4.78 is 0. The Morgan fingerprint density at radius 1 is 0.913 bits per heavy atom. The topological polar surface area (TPSA) is 69.7 Å². The smallest absolute Gasteiger partial charge is 0.322 e. The number of nitrogens with zero attached hydrogens (tertiary/aromatic N) is 2. The van der Waals surface area contributed by atoms with Gasteiger partial charge in [-0.3, -0.25) is 14.5 Å². The molecule has 1 unspecified atom stereocenters. The van der Waals surface area contributed by atoms with Crippen molar-refractivity contribution in [3.63, 3.8) is 0 Å². The van der Waals surface area contributed by atoms with Gasteiger partial charge in [-0.1, -0.05) is 30.3 Å². The van der Waals surface area contributed by atoms with Crippen molar-refractivity contribution in [2.24, 2.45) is 0 Å². The van der Waals surface area contributed by atoms with Crippen molar-refractivity contribution in [2.75, 3.05) is 15.1 Å². The van der Waals surface area contributed by atoms with Gasteiger partial charge >= 0.3 is 6.03 Å². The lowest BCUT2D eigenvalue weighted by Gasteiger charge is -2.42. The number of urea groups is 1. The van der Waals surface area contributed by atoms with E-state index in [9.17, 15) is 14.4 Å². The van der Waals surface area contributed by atoms with Crippen molar-refractivity contribution in [1.29, 1.82) is 0 Å². The molecule has 1 saturated heterocycles. The third-order valence-corrected chi connectivity index (χ3v) is 4.06. The summed E-state index contributed by atoms with van der Waals surface area (Å²) in [6.45, 7) is 0. The number of rotatable bonds is 1. The maximum Gasteiger partial charge on any atom is 0.336 e. The highest BCUT2D eigenvalue weighted by molar-refractivity contribution is 6.27. The molecular weight excluding hydrogens is 294 g/mol. The molecule has 0 aromatic heterocycles. The van der Waals surface area contributed by atoms with E-state index >= 15 is 0 Å². The van der Waals surface area contributed by atoms with Crippen LogP contribution < -0.4 is 15.1 Å². The summed E-state index contributed by atoms with van der Waals surface area (Å²) in [7, 11) is 0. The molecule has 0 aliphatic carbocycles. The zero-order chi connectivity index (χ0) is 16.0. The van der Waals surface area contributed by atoms with Crippen molar-refractivity contribution in [3.8, 4) is 0 Å². The summed E-state index contributed by atoms with van der Waals surface area (Å²) in [5.41, 5.74) is 1.68. The Balaban J connectivity index is 1.82. The average Bonchev–Trinajstić information content (AvgIpc) is 2.56. The zero-order valence-corrected chi connectivity index (χ0v) is 12.1. The Morgan fingerprint density at radius 3 is 2.39 bits per heavy atom. The van der Waals surface area contributed by atoms with E-state index in [1.165, 1.54) is 4.90 Å². The predicted octanol–water partition coefficient (Wildman–Crippen LogP) is 2.37. The molecule has 2 aliphatic rings. The maximum atomic E-state index is 12.9. The third kappa shape index (κ3) is 1.99. The Hall–Kier alpha value is -3.15. The number of benzene rings is 2. The van der Waals surface area contributed by atoms with E-state index < -0.39 is 12.1 Å². The van der Waals surface area contributed by atoms with E-state index in [0.29, 0.717) is 17.1 Å². The van der Waals surface area contributed by atoms with E-state index in [1.54, 1.807) is 48.5 Å². The van der Waals surface area contributed by atoms with Gasteiger partial charge < -0.3 is 5.32 Å². The van der Waals surface area contributed by atoms with E-state index in [0.717, 1.165) is 4.90 Å². The molecule has 0 radical (unpaired) electrons. The van der Waals surface area contributed by atoms with Gasteiger partial charge in [0.25, 0.3) is 0 Å². The largest absolute Gasteiger partial charge is 0.336 e. The molecule has 0 spiro atoms. The van der Waals surface area contributed by atoms with Crippen molar-refractivity contribution < 1.29 is 14.4 Å². The van der Waals surface area contributed by atoms with Gasteiger partial charge in [0.15, 0.2) is 0 Å². The number of para-hydroxylation sites is 3. The normalized spacial score (nSPS) is 20.0. The van der Waals surface area contributed by atoms with Crippen molar-refractivity contribution in [1.82, 2.24) is 0 Å². The van der Waals surface area contributed by atoms with Gasteiger partial charge in [0, 0.05) is 0 Å². The second kappa shape index (κ2) is 4.95. The summed E-state index contributed by atoms with van der Waals surface area (Å²) in [4.78, 5) is 40.1. The minimum atomic E-state index is -0.801. The highest BCUT2D eigenvalue weighted by Gasteiger charge is 2.46. The first-order valence-electron chi connectivity index (χ1n) is 7.28. The van der Waals surface area contributed by atoms with Gasteiger partial charge in [-0.05, 0) is 24.3 Å². The molecule has 2 heterocycles. The first-order valence-corrected chi connectivity index (χ1v) is 7.28. The van der Waals surface area contributed by atoms with Gasteiger partial charge in [-0.2, -0.15) is 0 Å². The summed E-state index contributed by atoms with van der Waals surface area (Å²) in [6.07, 6.45) is -0.0409. The first-order chi connectivity index (χ1) is 11.2. The van der Waals surface area contributed by atoms with Gasteiger partial charge in [-0.15, -0.1) is 0 Å². The van der Waals surface area contributed by atoms with Crippen LogP contribution in [-0.2, 0) is 9.59 Å². The van der Waals surface area contributed by atoms with Crippen LogP contribution in [0.5, 0.6) is 0 Å². The summed E-state index contributed by atoms with van der Waals surface area (Å²) in [5, 5.41) is 2.75. The molecule has 1 atom stereocenters. The fourth-order valence-corrected chi connectivity index (χ4v) is 3.01. The number of hydrogen-bond acceptors (Lipinski definition) is 3. The van der Waals surface area contributed by atoms with E-state index in [1.807, 2.05) is 6.07 Å². The third-order valence-electron chi connectivity index (χ3n) is 4.06. The number of nitrogens with one attached hydrogen (secondary N) is 1. The van der Waals surface area contributed by atoms with Crippen molar-refractivity contribution in [3.05, 3.63) is 54.6 Å². The Labute approximate surface area is 132 Å². The lowest BCUT2D eigenvalue weighted by molar-refractivity contribution is -0.124. The number of anilines is 3. The molecule has 4 rings (SSSR count). The van der Waals surface area contributed by atoms with Gasteiger partial charge in [0.05, 0.1) is 23.5 Å². The molecule has 1 N–H and O–H groups in total. The number of hydrogen-bond donors (Lipinski definition) is 1. The molecule has 6 heteroatoms. The maximum absolute atomic E-state index is 12.9. The summed E-state index contributed by atoms with van der Waals surface area (Å²) >= 11 is 0. The lowest BCUT2D eigenvalue weighted by atomic mass is 10.0. The van der Waals surface area contributed by atoms with Crippen LogP contribution in [0.3, 0.4) is 0 Å². The van der Waals surface area contributed by atoms with E-state index in [4.69, 9.17) is 0 Å². The fraction of sp³-hybridized carbons (Fsp3) is 0.118. The molecule has 2 aromatic rings. The summed E-state index contributed by atoms with van der Waals surface area (Å²) in [6, 6.07) is 14.5. The van der Waals surface area contributed by atoms with Crippen molar-refractivity contribution in [2.45, 2.75) is 12.5 Å². The van der Waals surface area contributed by atoms with E-state index in [2.05, 4.69) is 5.32 Å². The average molecular weight is 307 g/mol. The monoisotopic (exact) mass is 307 g/mol. The van der Waals surface area contributed by atoms with Crippen LogP contribution in [0.15, 0.2) is 54.6 Å². The van der Waals surface area contributed by atoms with Crippen LogP contribution in [0.2, 0.25) is 0 Å². The Kier molecular flexibility index (Phi) is 2.90. The van der Waals surface area contributed by atoms with Gasteiger partial charge in [-0.25, -0.2) is 9.69 Å². The number of amides is 4.